The van der Waals surface area contributed by atoms with Gasteiger partial charge in [-0.2, -0.15) is 0 Å². The summed E-state index contributed by atoms with van der Waals surface area (Å²) in [4.78, 5) is 2.16. The minimum Gasteiger partial charge on any atom is -0.0756 e. The first-order chi connectivity index (χ1) is 8.75. The Bertz CT molecular complexity index is 475. The predicted octanol–water partition coefficient (Wildman–Crippen LogP) is 6.18. The third-order valence-corrected chi connectivity index (χ3v) is 5.13. The maximum absolute atomic E-state index is 6.21. The van der Waals surface area contributed by atoms with Gasteiger partial charge in [-0.25, -0.2) is 0 Å². The minimum absolute atomic E-state index is 0.594. The minimum atomic E-state index is 0.594. The smallest absolute Gasteiger partial charge is 0.0756 e. The highest BCUT2D eigenvalue weighted by atomic mass is 35.5. The van der Waals surface area contributed by atoms with Crippen molar-refractivity contribution in [2.45, 2.75) is 9.79 Å². The number of benzene rings is 2. The number of halogens is 2. The molecule has 0 radical (unpaired) electrons. The lowest BCUT2D eigenvalue weighted by Gasteiger charge is -2.03. The molecule has 0 aromatic heterocycles. The maximum Gasteiger partial charge on any atom is 0.104 e. The van der Waals surface area contributed by atoms with E-state index in [2.05, 4.69) is 0 Å². The summed E-state index contributed by atoms with van der Waals surface area (Å²) in [6.07, 6.45) is 0. The maximum atomic E-state index is 6.21. The van der Waals surface area contributed by atoms with Crippen LogP contribution >= 0.6 is 46.7 Å². The molecule has 0 N–H and O–H groups in total. The van der Waals surface area contributed by atoms with Gasteiger partial charge in [0.2, 0.25) is 0 Å². The van der Waals surface area contributed by atoms with Gasteiger partial charge in [-0.05, 0) is 24.3 Å². The standard InChI is InChI=1S/C14H10Cl2S2/c15-13(17-11-7-3-1-4-8-11)14(16)18-12-9-5-2-6-10-12/h1-10H/b14-13+. The van der Waals surface area contributed by atoms with E-state index in [1.54, 1.807) is 0 Å². The Hall–Kier alpha value is -0.540. The Morgan fingerprint density at radius 1 is 0.611 bits per heavy atom. The van der Waals surface area contributed by atoms with Crippen LogP contribution in [0.4, 0.5) is 0 Å². The highest BCUT2D eigenvalue weighted by Gasteiger charge is 2.06. The van der Waals surface area contributed by atoms with Crippen molar-refractivity contribution < 1.29 is 0 Å². The van der Waals surface area contributed by atoms with E-state index in [-0.39, 0.29) is 0 Å². The van der Waals surface area contributed by atoms with E-state index in [9.17, 15) is 0 Å². The van der Waals surface area contributed by atoms with Crippen LogP contribution in [0.15, 0.2) is 79.2 Å². The first kappa shape index (κ1) is 13.9. The van der Waals surface area contributed by atoms with Gasteiger partial charge in [0.1, 0.15) is 8.73 Å². The molecule has 0 atom stereocenters. The summed E-state index contributed by atoms with van der Waals surface area (Å²) < 4.78 is 1.19. The molecule has 0 amide bonds. The van der Waals surface area contributed by atoms with Gasteiger partial charge in [-0.15, -0.1) is 0 Å². The number of hydrogen-bond acceptors (Lipinski definition) is 2. The van der Waals surface area contributed by atoms with Gasteiger partial charge in [0, 0.05) is 9.79 Å². The predicted molar refractivity (Wildman–Crippen MR) is 83.3 cm³/mol. The van der Waals surface area contributed by atoms with Crippen LogP contribution in [0.5, 0.6) is 0 Å². The van der Waals surface area contributed by atoms with Crippen molar-refractivity contribution in [3.8, 4) is 0 Å². The highest BCUT2D eigenvalue weighted by Crippen LogP contribution is 2.40. The van der Waals surface area contributed by atoms with Crippen LogP contribution in [0.25, 0.3) is 0 Å². The van der Waals surface area contributed by atoms with Crippen LogP contribution in [0.2, 0.25) is 0 Å². The second-order valence-corrected chi connectivity index (χ2v) is 6.75. The Balaban J connectivity index is 2.06. The number of hydrogen-bond donors (Lipinski definition) is 0. The summed E-state index contributed by atoms with van der Waals surface area (Å²) in [6, 6.07) is 19.9. The fourth-order valence-corrected chi connectivity index (χ4v) is 3.44. The van der Waals surface area contributed by atoms with Crippen molar-refractivity contribution >= 4 is 46.7 Å². The molecule has 0 unspecified atom stereocenters. The van der Waals surface area contributed by atoms with Crippen molar-refractivity contribution in [1.82, 2.24) is 0 Å². The molecule has 0 aliphatic rings. The van der Waals surface area contributed by atoms with E-state index >= 15 is 0 Å². The van der Waals surface area contributed by atoms with Gasteiger partial charge in [-0.1, -0.05) is 83.1 Å². The van der Waals surface area contributed by atoms with Crippen molar-refractivity contribution in [2.75, 3.05) is 0 Å². The summed E-state index contributed by atoms with van der Waals surface area (Å²) in [7, 11) is 0. The van der Waals surface area contributed by atoms with E-state index in [1.165, 1.54) is 23.5 Å². The van der Waals surface area contributed by atoms with Gasteiger partial charge >= 0.3 is 0 Å². The molecule has 2 aromatic carbocycles. The second-order valence-electron chi connectivity index (χ2n) is 3.38. The van der Waals surface area contributed by atoms with Gasteiger partial charge in [0.25, 0.3) is 0 Å². The monoisotopic (exact) mass is 312 g/mol. The van der Waals surface area contributed by atoms with Crippen LogP contribution in [0.1, 0.15) is 0 Å². The molecule has 0 spiro atoms. The largest absolute Gasteiger partial charge is 0.104 e. The molecular formula is C14H10Cl2S2. The first-order valence-corrected chi connectivity index (χ1v) is 7.65. The Labute approximate surface area is 125 Å². The van der Waals surface area contributed by atoms with E-state index in [4.69, 9.17) is 23.2 Å². The Morgan fingerprint density at radius 3 is 1.28 bits per heavy atom. The third kappa shape index (κ3) is 4.29. The van der Waals surface area contributed by atoms with Gasteiger partial charge in [0.15, 0.2) is 0 Å². The average molecular weight is 313 g/mol. The summed E-state index contributed by atoms with van der Waals surface area (Å²) in [5, 5.41) is 0. The molecular weight excluding hydrogens is 303 g/mol. The summed E-state index contributed by atoms with van der Waals surface area (Å²) in [5.74, 6) is 0. The zero-order valence-electron chi connectivity index (χ0n) is 9.35. The molecule has 0 fully saturated rings. The van der Waals surface area contributed by atoms with Crippen LogP contribution < -0.4 is 0 Å². The SMILES string of the molecule is Cl/C(Sc1ccccc1)=C(/Cl)Sc1ccccc1. The second kappa shape index (κ2) is 7.15. The fraction of sp³-hybridized carbons (Fsp3) is 0. The lowest BCUT2D eigenvalue weighted by molar-refractivity contribution is 1.47. The molecule has 0 saturated heterocycles. The molecule has 0 heterocycles. The molecule has 92 valence electrons. The molecule has 2 rings (SSSR count). The van der Waals surface area contributed by atoms with E-state index in [1.807, 2.05) is 60.7 Å². The first-order valence-electron chi connectivity index (χ1n) is 5.27. The molecule has 4 heteroatoms. The van der Waals surface area contributed by atoms with Gasteiger partial charge < -0.3 is 0 Å². The van der Waals surface area contributed by atoms with Gasteiger partial charge in [0.05, 0.1) is 0 Å². The lowest BCUT2D eigenvalue weighted by Crippen LogP contribution is -1.73. The molecule has 0 aliphatic carbocycles. The van der Waals surface area contributed by atoms with E-state index in [0.29, 0.717) is 8.73 Å². The van der Waals surface area contributed by atoms with E-state index < -0.39 is 0 Å². The fourth-order valence-electron chi connectivity index (χ4n) is 1.26. The van der Waals surface area contributed by atoms with Crippen molar-refractivity contribution in [3.05, 3.63) is 69.4 Å². The van der Waals surface area contributed by atoms with Crippen LogP contribution in [0.3, 0.4) is 0 Å². The third-order valence-electron chi connectivity index (χ3n) is 2.06. The topological polar surface area (TPSA) is 0 Å². The lowest BCUT2D eigenvalue weighted by atomic mass is 10.4. The molecule has 0 saturated carbocycles. The molecule has 0 aliphatic heterocycles. The Kier molecular flexibility index (Phi) is 5.51. The van der Waals surface area contributed by atoms with Gasteiger partial charge in [-0.3, -0.25) is 0 Å². The Morgan fingerprint density at radius 2 is 0.944 bits per heavy atom. The number of rotatable bonds is 4. The van der Waals surface area contributed by atoms with Crippen molar-refractivity contribution in [3.63, 3.8) is 0 Å². The quantitative estimate of drug-likeness (QED) is 0.619. The molecule has 0 nitrogen and oxygen atoms in total. The highest BCUT2D eigenvalue weighted by molar-refractivity contribution is 8.08. The molecule has 2 aromatic rings. The zero-order chi connectivity index (χ0) is 12.8. The van der Waals surface area contributed by atoms with Crippen LogP contribution in [-0.4, -0.2) is 0 Å². The average Bonchev–Trinajstić information content (AvgIpc) is 2.41. The van der Waals surface area contributed by atoms with E-state index in [0.717, 1.165) is 9.79 Å². The summed E-state index contributed by atoms with van der Waals surface area (Å²) >= 11 is 15.3. The zero-order valence-corrected chi connectivity index (χ0v) is 12.5. The molecule has 18 heavy (non-hydrogen) atoms. The normalized spacial score (nSPS) is 12.1. The van der Waals surface area contributed by atoms with Crippen LogP contribution in [-0.2, 0) is 0 Å². The van der Waals surface area contributed by atoms with Crippen molar-refractivity contribution in [1.29, 1.82) is 0 Å². The number of thioether (sulfide) groups is 2. The molecule has 0 bridgehead atoms. The summed E-state index contributed by atoms with van der Waals surface area (Å²) in [5.41, 5.74) is 0. The summed E-state index contributed by atoms with van der Waals surface area (Å²) in [6.45, 7) is 0. The van der Waals surface area contributed by atoms with Crippen LogP contribution in [0, 0.1) is 0 Å². The van der Waals surface area contributed by atoms with Crippen molar-refractivity contribution in [2.24, 2.45) is 0 Å².